The highest BCUT2D eigenvalue weighted by Crippen LogP contribution is 2.17. The van der Waals surface area contributed by atoms with Crippen LogP contribution in [0.5, 0.6) is 0 Å². The molecule has 0 saturated carbocycles. The van der Waals surface area contributed by atoms with Crippen molar-refractivity contribution in [3.63, 3.8) is 0 Å². The SMILES string of the molecule is CCn1ncc2c1nc(-c1ccccc1)c[n+]2[O-]. The van der Waals surface area contributed by atoms with Crippen molar-refractivity contribution in [2.45, 2.75) is 13.5 Å². The van der Waals surface area contributed by atoms with E-state index in [1.54, 1.807) is 10.9 Å². The Bertz CT molecular complexity index is 691. The summed E-state index contributed by atoms with van der Waals surface area (Å²) in [6.07, 6.45) is 3.03. The van der Waals surface area contributed by atoms with Gasteiger partial charge in [-0.25, -0.2) is 9.67 Å². The first kappa shape index (κ1) is 10.7. The second-order valence-corrected chi connectivity index (χ2v) is 3.99. The summed E-state index contributed by atoms with van der Waals surface area (Å²) in [6, 6.07) is 9.65. The summed E-state index contributed by atoms with van der Waals surface area (Å²) < 4.78 is 2.54. The zero-order valence-electron chi connectivity index (χ0n) is 9.95. The first-order chi connectivity index (χ1) is 8.79. The summed E-state index contributed by atoms with van der Waals surface area (Å²) >= 11 is 0. The van der Waals surface area contributed by atoms with Crippen LogP contribution in [0.25, 0.3) is 22.4 Å². The molecule has 0 N–H and O–H groups in total. The second-order valence-electron chi connectivity index (χ2n) is 3.99. The molecule has 5 heteroatoms. The lowest BCUT2D eigenvalue weighted by molar-refractivity contribution is -0.576. The van der Waals surface area contributed by atoms with Gasteiger partial charge in [0.15, 0.2) is 0 Å². The van der Waals surface area contributed by atoms with E-state index >= 15 is 0 Å². The Morgan fingerprint density at radius 2 is 2.06 bits per heavy atom. The molecule has 0 fully saturated rings. The lowest BCUT2D eigenvalue weighted by Crippen LogP contribution is -2.27. The minimum absolute atomic E-state index is 0.497. The molecule has 0 unspecified atom stereocenters. The summed E-state index contributed by atoms with van der Waals surface area (Å²) in [7, 11) is 0. The highest BCUT2D eigenvalue weighted by molar-refractivity contribution is 5.70. The maximum absolute atomic E-state index is 11.9. The zero-order valence-corrected chi connectivity index (χ0v) is 9.95. The minimum Gasteiger partial charge on any atom is -0.618 e. The van der Waals surface area contributed by atoms with Gasteiger partial charge < -0.3 is 5.21 Å². The molecular formula is C13H12N4O. The Kier molecular flexibility index (Phi) is 2.44. The number of hydrogen-bond donors (Lipinski definition) is 0. The van der Waals surface area contributed by atoms with Gasteiger partial charge in [-0.2, -0.15) is 9.83 Å². The highest BCUT2D eigenvalue weighted by Gasteiger charge is 2.14. The maximum atomic E-state index is 11.9. The van der Waals surface area contributed by atoms with Gasteiger partial charge in [-0.1, -0.05) is 30.3 Å². The Balaban J connectivity index is 2.26. The van der Waals surface area contributed by atoms with E-state index in [0.29, 0.717) is 23.4 Å². The van der Waals surface area contributed by atoms with Gasteiger partial charge in [0, 0.05) is 12.1 Å². The van der Waals surface area contributed by atoms with Crippen LogP contribution >= 0.6 is 0 Å². The summed E-state index contributed by atoms with van der Waals surface area (Å²) in [4.78, 5) is 4.52. The number of benzene rings is 1. The third-order valence-corrected chi connectivity index (χ3v) is 2.87. The van der Waals surface area contributed by atoms with Crippen molar-refractivity contribution in [2.24, 2.45) is 0 Å². The van der Waals surface area contributed by atoms with Crippen molar-refractivity contribution in [1.82, 2.24) is 14.8 Å². The van der Waals surface area contributed by atoms with Gasteiger partial charge in [0.25, 0.3) is 5.52 Å². The van der Waals surface area contributed by atoms with E-state index in [2.05, 4.69) is 10.1 Å². The molecule has 0 amide bonds. The van der Waals surface area contributed by atoms with Crippen molar-refractivity contribution in [3.8, 4) is 11.3 Å². The third kappa shape index (κ3) is 1.60. The van der Waals surface area contributed by atoms with Gasteiger partial charge in [-0.05, 0) is 6.92 Å². The molecule has 0 aliphatic rings. The van der Waals surface area contributed by atoms with Crippen molar-refractivity contribution >= 4 is 11.2 Å². The van der Waals surface area contributed by atoms with Gasteiger partial charge in [0.1, 0.15) is 11.9 Å². The molecule has 5 nitrogen and oxygen atoms in total. The van der Waals surface area contributed by atoms with E-state index < -0.39 is 0 Å². The normalized spacial score (nSPS) is 10.9. The van der Waals surface area contributed by atoms with E-state index in [4.69, 9.17) is 0 Å². The third-order valence-electron chi connectivity index (χ3n) is 2.87. The average molecular weight is 240 g/mol. The van der Waals surface area contributed by atoms with E-state index in [1.807, 2.05) is 37.3 Å². The lowest BCUT2D eigenvalue weighted by Gasteiger charge is -2.03. The molecule has 90 valence electrons. The van der Waals surface area contributed by atoms with E-state index in [0.717, 1.165) is 10.3 Å². The molecule has 0 aliphatic heterocycles. The van der Waals surface area contributed by atoms with Crippen molar-refractivity contribution in [2.75, 3.05) is 0 Å². The first-order valence-corrected chi connectivity index (χ1v) is 5.80. The Hall–Kier alpha value is -2.43. The molecule has 3 aromatic rings. The van der Waals surface area contributed by atoms with E-state index in [1.165, 1.54) is 6.20 Å². The molecule has 0 aliphatic carbocycles. The molecule has 18 heavy (non-hydrogen) atoms. The smallest absolute Gasteiger partial charge is 0.281 e. The second kappa shape index (κ2) is 4.10. The van der Waals surface area contributed by atoms with Crippen molar-refractivity contribution < 1.29 is 4.73 Å². The summed E-state index contributed by atoms with van der Waals surface area (Å²) in [6.45, 7) is 2.66. The predicted molar refractivity (Wildman–Crippen MR) is 67.6 cm³/mol. The van der Waals surface area contributed by atoms with Crippen molar-refractivity contribution in [1.29, 1.82) is 0 Å². The summed E-state index contributed by atoms with van der Waals surface area (Å²) in [5, 5.41) is 16.1. The quantitative estimate of drug-likeness (QED) is 0.506. The fourth-order valence-electron chi connectivity index (χ4n) is 1.94. The minimum atomic E-state index is 0.497. The topological polar surface area (TPSA) is 57.7 Å². The number of aromatic nitrogens is 4. The van der Waals surface area contributed by atoms with Crippen LogP contribution in [0.4, 0.5) is 0 Å². The Labute approximate surface area is 104 Å². The van der Waals surface area contributed by atoms with Gasteiger partial charge >= 0.3 is 0 Å². The monoisotopic (exact) mass is 240 g/mol. The van der Waals surface area contributed by atoms with Crippen molar-refractivity contribution in [3.05, 3.63) is 47.9 Å². The van der Waals surface area contributed by atoms with Crippen LogP contribution in [0, 0.1) is 5.21 Å². The Morgan fingerprint density at radius 3 is 2.78 bits per heavy atom. The average Bonchev–Trinajstić information content (AvgIpc) is 2.83. The first-order valence-electron chi connectivity index (χ1n) is 5.80. The number of aryl methyl sites for hydroxylation is 1. The Morgan fingerprint density at radius 1 is 1.28 bits per heavy atom. The maximum Gasteiger partial charge on any atom is 0.281 e. The van der Waals surface area contributed by atoms with Crippen LogP contribution in [0.3, 0.4) is 0 Å². The van der Waals surface area contributed by atoms with Crippen LogP contribution in [0.2, 0.25) is 0 Å². The molecule has 2 heterocycles. The van der Waals surface area contributed by atoms with Crippen LogP contribution in [0.15, 0.2) is 42.7 Å². The summed E-state index contributed by atoms with van der Waals surface area (Å²) in [5.41, 5.74) is 2.70. The van der Waals surface area contributed by atoms with E-state index in [9.17, 15) is 5.21 Å². The molecule has 2 aromatic heterocycles. The predicted octanol–water partition coefficient (Wildman–Crippen LogP) is 1.75. The van der Waals surface area contributed by atoms with Gasteiger partial charge in [0.05, 0.1) is 0 Å². The van der Waals surface area contributed by atoms with Crippen LogP contribution < -0.4 is 4.73 Å². The molecule has 0 saturated heterocycles. The zero-order chi connectivity index (χ0) is 12.5. The van der Waals surface area contributed by atoms with Crippen LogP contribution in [0.1, 0.15) is 6.92 Å². The fourth-order valence-corrected chi connectivity index (χ4v) is 1.94. The van der Waals surface area contributed by atoms with Crippen LogP contribution in [-0.4, -0.2) is 14.8 Å². The molecular weight excluding hydrogens is 228 g/mol. The van der Waals surface area contributed by atoms with Crippen LogP contribution in [-0.2, 0) is 6.54 Å². The molecule has 0 atom stereocenters. The van der Waals surface area contributed by atoms with Gasteiger partial charge in [-0.15, -0.1) is 0 Å². The number of rotatable bonds is 2. The lowest BCUT2D eigenvalue weighted by atomic mass is 10.2. The molecule has 3 rings (SSSR count). The largest absolute Gasteiger partial charge is 0.618 e. The van der Waals surface area contributed by atoms with Gasteiger partial charge in [0.2, 0.25) is 11.8 Å². The molecule has 0 radical (unpaired) electrons. The standard InChI is InChI=1S/C13H12N4O/c1-2-16-13-12(8-14-16)17(18)9-11(15-13)10-6-4-3-5-7-10/h3-9H,2H2,1H3. The number of nitrogens with zero attached hydrogens (tertiary/aromatic N) is 4. The summed E-state index contributed by atoms with van der Waals surface area (Å²) in [5.74, 6) is 0. The molecule has 1 aromatic carbocycles. The van der Waals surface area contributed by atoms with E-state index in [-0.39, 0.29) is 0 Å². The molecule has 0 bridgehead atoms. The fraction of sp³-hybridized carbons (Fsp3) is 0.154. The highest BCUT2D eigenvalue weighted by atomic mass is 16.5. The van der Waals surface area contributed by atoms with Gasteiger partial charge in [-0.3, -0.25) is 0 Å². The number of hydrogen-bond acceptors (Lipinski definition) is 3. The molecule has 0 spiro atoms. The number of fused-ring (bicyclic) bond motifs is 1.